The minimum atomic E-state index is -1.11. The maximum Gasteiger partial charge on any atom is 0.275 e. The van der Waals surface area contributed by atoms with E-state index >= 15 is 0 Å². The van der Waals surface area contributed by atoms with Crippen LogP contribution in [-0.4, -0.2) is 25.5 Å². The van der Waals surface area contributed by atoms with Crippen molar-refractivity contribution < 1.29 is 27.8 Å². The van der Waals surface area contributed by atoms with Gasteiger partial charge in [-0.05, 0) is 42.7 Å². The lowest BCUT2D eigenvalue weighted by atomic mass is 10.1. The average Bonchev–Trinajstić information content (AvgIpc) is 2.65. The highest BCUT2D eigenvalue weighted by Gasteiger charge is 2.18. The summed E-state index contributed by atoms with van der Waals surface area (Å²) in [5.74, 6) is -2.53. The minimum absolute atomic E-state index is 0.169. The van der Waals surface area contributed by atoms with E-state index in [1.807, 2.05) is 5.43 Å². The van der Waals surface area contributed by atoms with Crippen LogP contribution >= 0.6 is 0 Å². The van der Waals surface area contributed by atoms with Crippen LogP contribution in [0.1, 0.15) is 41.0 Å². The zero-order chi connectivity index (χ0) is 20.7. The number of methoxy groups -OCH3 is 1. The van der Waals surface area contributed by atoms with E-state index in [0.717, 1.165) is 24.6 Å². The third-order valence-corrected chi connectivity index (χ3v) is 3.86. The summed E-state index contributed by atoms with van der Waals surface area (Å²) in [5, 5.41) is 0. The Bertz CT molecular complexity index is 836. The quantitative estimate of drug-likeness (QED) is 0.708. The van der Waals surface area contributed by atoms with Crippen LogP contribution in [0.2, 0.25) is 0 Å². The Morgan fingerprint density at radius 1 is 1.00 bits per heavy atom. The number of ether oxygens (including phenoxy) is 2. The van der Waals surface area contributed by atoms with E-state index < -0.39 is 29.0 Å². The molecule has 0 saturated heterocycles. The molecule has 0 spiro atoms. The van der Waals surface area contributed by atoms with Crippen molar-refractivity contribution in [2.45, 2.75) is 20.3 Å². The number of nitrogens with one attached hydrogen (secondary N) is 2. The molecule has 0 fully saturated rings. The Kier molecular flexibility index (Phi) is 7.31. The zero-order valence-corrected chi connectivity index (χ0v) is 15.8. The van der Waals surface area contributed by atoms with Crippen LogP contribution in [0.3, 0.4) is 0 Å². The van der Waals surface area contributed by atoms with Crippen LogP contribution in [0.25, 0.3) is 0 Å². The molecule has 150 valence electrons. The molecule has 0 aliphatic rings. The first kappa shape index (κ1) is 21.1. The SMILES string of the molecule is COc1cc(C(=O)NNC(=O)c2c(F)cccc2F)ccc1OCCC(C)C. The Labute approximate surface area is 161 Å². The highest BCUT2D eigenvalue weighted by atomic mass is 19.1. The fourth-order valence-electron chi connectivity index (χ4n) is 2.30. The summed E-state index contributed by atoms with van der Waals surface area (Å²) in [5.41, 5.74) is 3.49. The van der Waals surface area contributed by atoms with Crippen molar-refractivity contribution in [3.05, 3.63) is 59.2 Å². The molecule has 2 rings (SSSR count). The van der Waals surface area contributed by atoms with E-state index in [4.69, 9.17) is 9.47 Å². The van der Waals surface area contributed by atoms with Crippen molar-refractivity contribution in [3.8, 4) is 11.5 Å². The molecule has 2 aromatic rings. The first-order valence-corrected chi connectivity index (χ1v) is 8.69. The second-order valence-corrected chi connectivity index (χ2v) is 6.40. The first-order valence-electron chi connectivity index (χ1n) is 8.69. The van der Waals surface area contributed by atoms with Gasteiger partial charge in [0.05, 0.1) is 13.7 Å². The number of hydrogen-bond donors (Lipinski definition) is 2. The molecule has 0 aliphatic heterocycles. The van der Waals surface area contributed by atoms with Crippen LogP contribution in [0.15, 0.2) is 36.4 Å². The second-order valence-electron chi connectivity index (χ2n) is 6.40. The fourth-order valence-corrected chi connectivity index (χ4v) is 2.30. The number of carbonyl (C=O) groups is 2. The molecular formula is C20H22F2N2O4. The maximum atomic E-state index is 13.6. The lowest BCUT2D eigenvalue weighted by Gasteiger charge is -2.13. The van der Waals surface area contributed by atoms with Gasteiger partial charge in [-0.15, -0.1) is 0 Å². The highest BCUT2D eigenvalue weighted by molar-refractivity contribution is 5.99. The first-order chi connectivity index (χ1) is 13.3. The second kappa shape index (κ2) is 9.68. The third kappa shape index (κ3) is 5.42. The van der Waals surface area contributed by atoms with Gasteiger partial charge in [0.1, 0.15) is 17.2 Å². The predicted octanol–water partition coefficient (Wildman–Crippen LogP) is 3.47. The molecule has 0 bridgehead atoms. The van der Waals surface area contributed by atoms with E-state index in [0.29, 0.717) is 24.0 Å². The van der Waals surface area contributed by atoms with Gasteiger partial charge < -0.3 is 9.47 Å². The van der Waals surface area contributed by atoms with Crippen LogP contribution in [0.5, 0.6) is 11.5 Å². The van der Waals surface area contributed by atoms with Gasteiger partial charge in [0, 0.05) is 5.56 Å². The van der Waals surface area contributed by atoms with Crippen LogP contribution in [0, 0.1) is 17.6 Å². The van der Waals surface area contributed by atoms with E-state index in [-0.39, 0.29) is 5.56 Å². The molecule has 28 heavy (non-hydrogen) atoms. The van der Waals surface area contributed by atoms with Crippen LogP contribution in [0.4, 0.5) is 8.78 Å². The molecule has 0 radical (unpaired) electrons. The van der Waals surface area contributed by atoms with Crippen LogP contribution in [-0.2, 0) is 0 Å². The number of halogens is 2. The zero-order valence-electron chi connectivity index (χ0n) is 15.8. The highest BCUT2D eigenvalue weighted by Crippen LogP contribution is 2.28. The number of hydrazine groups is 1. The molecule has 0 atom stereocenters. The lowest BCUT2D eigenvalue weighted by Crippen LogP contribution is -2.42. The number of rotatable bonds is 7. The number of carbonyl (C=O) groups excluding carboxylic acids is 2. The van der Waals surface area contributed by atoms with Gasteiger partial charge in [-0.1, -0.05) is 19.9 Å². The summed E-state index contributed by atoms with van der Waals surface area (Å²) in [6, 6.07) is 7.53. The van der Waals surface area contributed by atoms with Gasteiger partial charge in [-0.2, -0.15) is 0 Å². The van der Waals surface area contributed by atoms with E-state index in [2.05, 4.69) is 19.3 Å². The van der Waals surface area contributed by atoms with Crippen molar-refractivity contribution in [1.82, 2.24) is 10.9 Å². The topological polar surface area (TPSA) is 76.7 Å². The van der Waals surface area contributed by atoms with Gasteiger partial charge in [-0.25, -0.2) is 8.78 Å². The van der Waals surface area contributed by atoms with Gasteiger partial charge >= 0.3 is 0 Å². The van der Waals surface area contributed by atoms with E-state index in [1.165, 1.54) is 19.2 Å². The average molecular weight is 392 g/mol. The van der Waals surface area contributed by atoms with E-state index in [9.17, 15) is 18.4 Å². The van der Waals surface area contributed by atoms with Gasteiger partial charge in [-0.3, -0.25) is 20.4 Å². The molecule has 0 unspecified atom stereocenters. The Morgan fingerprint density at radius 2 is 1.64 bits per heavy atom. The summed E-state index contributed by atoms with van der Waals surface area (Å²) in [6.07, 6.45) is 0.865. The fraction of sp³-hybridized carbons (Fsp3) is 0.300. The largest absolute Gasteiger partial charge is 0.493 e. The summed E-state index contributed by atoms with van der Waals surface area (Å²) in [6.45, 7) is 4.66. The normalized spacial score (nSPS) is 10.5. The smallest absolute Gasteiger partial charge is 0.275 e. The molecule has 8 heteroatoms. The van der Waals surface area contributed by atoms with E-state index in [1.54, 1.807) is 6.07 Å². The molecule has 0 heterocycles. The molecule has 2 aromatic carbocycles. The van der Waals surface area contributed by atoms with Gasteiger partial charge in [0.15, 0.2) is 11.5 Å². The third-order valence-electron chi connectivity index (χ3n) is 3.86. The number of benzene rings is 2. The number of hydrogen-bond acceptors (Lipinski definition) is 4. The van der Waals surface area contributed by atoms with Crippen molar-refractivity contribution in [2.75, 3.05) is 13.7 Å². The predicted molar refractivity (Wildman–Crippen MR) is 99.2 cm³/mol. The molecule has 0 aromatic heterocycles. The Hall–Kier alpha value is -3.16. The molecule has 6 nitrogen and oxygen atoms in total. The van der Waals surface area contributed by atoms with Crippen molar-refractivity contribution in [3.63, 3.8) is 0 Å². The van der Waals surface area contributed by atoms with Gasteiger partial charge in [0.2, 0.25) is 0 Å². The lowest BCUT2D eigenvalue weighted by molar-refractivity contribution is 0.0841. The molecule has 2 N–H and O–H groups in total. The summed E-state index contributed by atoms with van der Waals surface area (Å²) >= 11 is 0. The minimum Gasteiger partial charge on any atom is -0.493 e. The van der Waals surface area contributed by atoms with Crippen molar-refractivity contribution in [2.24, 2.45) is 5.92 Å². The Morgan fingerprint density at radius 3 is 2.25 bits per heavy atom. The molecule has 0 saturated carbocycles. The summed E-state index contributed by atoms with van der Waals surface area (Å²) < 4.78 is 38.1. The van der Waals surface area contributed by atoms with Crippen molar-refractivity contribution >= 4 is 11.8 Å². The summed E-state index contributed by atoms with van der Waals surface area (Å²) in [4.78, 5) is 24.1. The standard InChI is InChI=1S/C20H22F2N2O4/c1-12(2)9-10-28-16-8-7-13(11-17(16)27-3)19(25)23-24-20(26)18-14(21)5-4-6-15(18)22/h4-8,11-12H,9-10H2,1-3H3,(H,23,25)(H,24,26). The summed E-state index contributed by atoms with van der Waals surface area (Å²) in [7, 11) is 1.44. The molecule has 0 aliphatic carbocycles. The van der Waals surface area contributed by atoms with Crippen molar-refractivity contribution in [1.29, 1.82) is 0 Å². The van der Waals surface area contributed by atoms with Gasteiger partial charge in [0.25, 0.3) is 11.8 Å². The monoisotopic (exact) mass is 392 g/mol. The Balaban J connectivity index is 2.03. The molecule has 2 amide bonds. The maximum absolute atomic E-state index is 13.6. The van der Waals surface area contributed by atoms with Crippen LogP contribution < -0.4 is 20.3 Å². The number of amides is 2. The molecular weight excluding hydrogens is 370 g/mol.